The number of hydrogen-bond donors (Lipinski definition) is 1. The number of aromatic hydroxyl groups is 1. The van der Waals surface area contributed by atoms with Crippen LogP contribution < -0.4 is 0 Å². The zero-order valence-corrected chi connectivity index (χ0v) is 17.8. The fraction of sp³-hybridized carbons (Fsp3) is 0.200. The van der Waals surface area contributed by atoms with E-state index in [4.69, 9.17) is 9.57 Å². The molecule has 0 spiro atoms. The molecule has 0 amide bonds. The number of nitrogens with zero attached hydrogens (tertiary/aromatic N) is 1. The Morgan fingerprint density at radius 1 is 0.909 bits per heavy atom. The van der Waals surface area contributed by atoms with Gasteiger partial charge in [-0.25, -0.2) is 0 Å². The summed E-state index contributed by atoms with van der Waals surface area (Å²) in [6.07, 6.45) is -4.37. The second-order valence-corrected chi connectivity index (χ2v) is 7.27. The van der Waals surface area contributed by atoms with E-state index in [-0.39, 0.29) is 36.9 Å². The smallest absolute Gasteiger partial charge is 0.416 e. The summed E-state index contributed by atoms with van der Waals surface area (Å²) in [4.78, 5) is 17.4. The minimum Gasteiger partial charge on any atom is -0.507 e. The van der Waals surface area contributed by atoms with Crippen LogP contribution >= 0.6 is 0 Å². The lowest BCUT2D eigenvalue weighted by molar-refractivity contribution is -0.137. The molecule has 0 aliphatic carbocycles. The van der Waals surface area contributed by atoms with Gasteiger partial charge in [-0.05, 0) is 47.9 Å². The van der Waals surface area contributed by atoms with Crippen molar-refractivity contribution in [3.05, 3.63) is 101 Å². The van der Waals surface area contributed by atoms with Gasteiger partial charge in [0.1, 0.15) is 19.0 Å². The Morgan fingerprint density at radius 3 is 2.15 bits per heavy atom. The van der Waals surface area contributed by atoms with Crippen molar-refractivity contribution < 1.29 is 32.6 Å². The summed E-state index contributed by atoms with van der Waals surface area (Å²) >= 11 is 0. The van der Waals surface area contributed by atoms with E-state index in [1.165, 1.54) is 24.3 Å². The molecule has 0 unspecified atom stereocenters. The second kappa shape index (κ2) is 10.8. The van der Waals surface area contributed by atoms with Crippen molar-refractivity contribution in [3.63, 3.8) is 0 Å². The fourth-order valence-corrected chi connectivity index (χ4v) is 2.94. The number of rotatable bonds is 9. The number of carbonyl (C=O) groups excluding carboxylic acids is 1. The number of ether oxygens (including phenoxy) is 1. The molecule has 3 rings (SSSR count). The summed E-state index contributed by atoms with van der Waals surface area (Å²) in [5.74, 6) is -0.386. The number of benzene rings is 3. The quantitative estimate of drug-likeness (QED) is 0.252. The molecule has 0 radical (unpaired) electrons. The molecule has 0 aromatic heterocycles. The molecule has 0 aliphatic heterocycles. The third-order valence-electron chi connectivity index (χ3n) is 4.79. The lowest BCUT2D eigenvalue weighted by Crippen LogP contribution is -2.09. The number of para-hydroxylation sites is 1. The molecule has 172 valence electrons. The van der Waals surface area contributed by atoms with Crippen molar-refractivity contribution in [2.45, 2.75) is 26.3 Å². The van der Waals surface area contributed by atoms with Gasteiger partial charge in [0.15, 0.2) is 5.78 Å². The van der Waals surface area contributed by atoms with Crippen molar-refractivity contribution >= 4 is 11.5 Å². The van der Waals surface area contributed by atoms with E-state index in [1.54, 1.807) is 19.1 Å². The minimum absolute atomic E-state index is 0.0480. The third kappa shape index (κ3) is 6.92. The highest BCUT2D eigenvalue weighted by atomic mass is 19.4. The maximum absolute atomic E-state index is 12.6. The SMILES string of the molecule is C/C(=N\OCc1ccc(C(F)(F)F)cc1)c1ccc(COCC(=O)c2ccccc2O)cc1. The lowest BCUT2D eigenvalue weighted by Gasteiger charge is -2.08. The monoisotopic (exact) mass is 457 g/mol. The average Bonchev–Trinajstić information content (AvgIpc) is 2.79. The van der Waals surface area contributed by atoms with Gasteiger partial charge in [-0.15, -0.1) is 0 Å². The van der Waals surface area contributed by atoms with Crippen LogP contribution in [0.5, 0.6) is 5.75 Å². The molecule has 33 heavy (non-hydrogen) atoms. The molecular weight excluding hydrogens is 435 g/mol. The number of oxime groups is 1. The van der Waals surface area contributed by atoms with Crippen LogP contribution in [0, 0.1) is 0 Å². The molecule has 0 heterocycles. The van der Waals surface area contributed by atoms with Crippen LogP contribution in [-0.4, -0.2) is 23.2 Å². The van der Waals surface area contributed by atoms with Gasteiger partial charge in [0.25, 0.3) is 0 Å². The number of carbonyl (C=O) groups is 1. The summed E-state index contributed by atoms with van der Waals surface area (Å²) in [7, 11) is 0. The number of Topliss-reactive ketones (excluding diaryl/α,β-unsaturated/α-hetero) is 1. The lowest BCUT2D eigenvalue weighted by atomic mass is 10.1. The number of ketones is 1. The Hall–Kier alpha value is -3.65. The fourth-order valence-electron chi connectivity index (χ4n) is 2.94. The highest BCUT2D eigenvalue weighted by Crippen LogP contribution is 2.29. The van der Waals surface area contributed by atoms with Crippen molar-refractivity contribution in [3.8, 4) is 5.75 Å². The maximum atomic E-state index is 12.6. The van der Waals surface area contributed by atoms with E-state index >= 15 is 0 Å². The standard InChI is InChI=1S/C25H22F3NO4/c1-17(29-33-15-19-8-12-21(13-9-19)25(26,27)28)20-10-6-18(7-11-20)14-32-16-24(31)22-4-2-3-5-23(22)30/h2-13,30H,14-16H2,1H3/b29-17+. The molecule has 0 fully saturated rings. The maximum Gasteiger partial charge on any atom is 0.416 e. The summed E-state index contributed by atoms with van der Waals surface area (Å²) in [6, 6.07) is 18.3. The molecule has 8 heteroatoms. The Balaban J connectivity index is 1.47. The molecular formula is C25H22F3NO4. The van der Waals surface area contributed by atoms with Crippen LogP contribution in [0.3, 0.4) is 0 Å². The van der Waals surface area contributed by atoms with Crippen LogP contribution in [0.1, 0.15) is 39.5 Å². The Kier molecular flexibility index (Phi) is 7.84. The minimum atomic E-state index is -4.37. The second-order valence-electron chi connectivity index (χ2n) is 7.27. The van der Waals surface area contributed by atoms with Crippen molar-refractivity contribution in [2.24, 2.45) is 5.16 Å². The Morgan fingerprint density at radius 2 is 1.52 bits per heavy atom. The topological polar surface area (TPSA) is 68.1 Å². The first-order valence-corrected chi connectivity index (χ1v) is 10.0. The van der Waals surface area contributed by atoms with Crippen LogP contribution in [0.15, 0.2) is 78.0 Å². The van der Waals surface area contributed by atoms with Crippen LogP contribution in [0.25, 0.3) is 0 Å². The number of alkyl halides is 3. The zero-order valence-electron chi connectivity index (χ0n) is 17.8. The highest BCUT2D eigenvalue weighted by molar-refractivity contribution is 5.99. The van der Waals surface area contributed by atoms with Gasteiger partial charge in [0.2, 0.25) is 0 Å². The molecule has 0 saturated heterocycles. The molecule has 0 atom stereocenters. The third-order valence-corrected chi connectivity index (χ3v) is 4.79. The summed E-state index contributed by atoms with van der Waals surface area (Å²) < 4.78 is 43.2. The zero-order chi connectivity index (χ0) is 23.8. The van der Waals surface area contributed by atoms with E-state index in [0.29, 0.717) is 11.3 Å². The summed E-state index contributed by atoms with van der Waals surface area (Å²) in [6.45, 7) is 1.87. The van der Waals surface area contributed by atoms with Gasteiger partial charge in [-0.1, -0.05) is 53.7 Å². The first-order valence-electron chi connectivity index (χ1n) is 10.0. The van der Waals surface area contributed by atoms with E-state index in [1.807, 2.05) is 24.3 Å². The molecule has 3 aromatic rings. The molecule has 0 saturated carbocycles. The van der Waals surface area contributed by atoms with Gasteiger partial charge in [0, 0.05) is 0 Å². The predicted octanol–water partition coefficient (Wildman–Crippen LogP) is 5.75. The molecule has 1 N–H and O–H groups in total. The van der Waals surface area contributed by atoms with Crippen LogP contribution in [0.2, 0.25) is 0 Å². The van der Waals surface area contributed by atoms with Gasteiger partial charge < -0.3 is 14.7 Å². The molecule has 3 aromatic carbocycles. The van der Waals surface area contributed by atoms with Crippen molar-refractivity contribution in [2.75, 3.05) is 6.61 Å². The first kappa shape index (κ1) is 24.0. The largest absolute Gasteiger partial charge is 0.507 e. The Bertz CT molecular complexity index is 1110. The summed E-state index contributed by atoms with van der Waals surface area (Å²) in [5, 5.41) is 13.7. The molecule has 5 nitrogen and oxygen atoms in total. The number of halogens is 3. The van der Waals surface area contributed by atoms with Crippen LogP contribution in [0.4, 0.5) is 13.2 Å². The van der Waals surface area contributed by atoms with Gasteiger partial charge in [0.05, 0.1) is 23.4 Å². The Labute approximate surface area is 189 Å². The predicted molar refractivity (Wildman–Crippen MR) is 117 cm³/mol. The van der Waals surface area contributed by atoms with E-state index in [2.05, 4.69) is 5.16 Å². The number of hydrogen-bond acceptors (Lipinski definition) is 5. The van der Waals surface area contributed by atoms with Crippen molar-refractivity contribution in [1.29, 1.82) is 0 Å². The van der Waals surface area contributed by atoms with E-state index < -0.39 is 11.7 Å². The summed E-state index contributed by atoms with van der Waals surface area (Å²) in [5.41, 5.74) is 2.34. The van der Waals surface area contributed by atoms with Crippen LogP contribution in [-0.2, 0) is 29.0 Å². The van der Waals surface area contributed by atoms with Gasteiger partial charge in [-0.2, -0.15) is 13.2 Å². The van der Waals surface area contributed by atoms with Gasteiger partial charge in [-0.3, -0.25) is 4.79 Å². The normalized spacial score (nSPS) is 11.9. The van der Waals surface area contributed by atoms with E-state index in [9.17, 15) is 23.1 Å². The molecule has 0 aliphatic rings. The van der Waals surface area contributed by atoms with Gasteiger partial charge >= 0.3 is 6.18 Å². The number of phenolic OH excluding ortho intramolecular Hbond substituents is 1. The first-order chi connectivity index (χ1) is 15.7. The number of phenols is 1. The molecule has 0 bridgehead atoms. The highest BCUT2D eigenvalue weighted by Gasteiger charge is 2.29. The average molecular weight is 457 g/mol. The van der Waals surface area contributed by atoms with E-state index in [0.717, 1.165) is 23.3 Å². The van der Waals surface area contributed by atoms with Crippen molar-refractivity contribution in [1.82, 2.24) is 0 Å².